The second-order valence-corrected chi connectivity index (χ2v) is 8.07. The first-order valence-electron chi connectivity index (χ1n) is 8.07. The fourth-order valence-electron chi connectivity index (χ4n) is 2.59. The molecule has 0 spiro atoms. The maximum atomic E-state index is 13.9. The van der Waals surface area contributed by atoms with E-state index in [1.807, 2.05) is 4.90 Å². The Morgan fingerprint density at radius 3 is 2.72 bits per heavy atom. The molecule has 2 rings (SSSR count). The van der Waals surface area contributed by atoms with Gasteiger partial charge in [-0.2, -0.15) is 11.8 Å². The van der Waals surface area contributed by atoms with Crippen LogP contribution in [-0.2, 0) is 0 Å². The van der Waals surface area contributed by atoms with Crippen molar-refractivity contribution in [3.05, 3.63) is 29.8 Å². The number of nitrogens with zero attached hydrogens (tertiary/aromatic N) is 2. The van der Waals surface area contributed by atoms with Crippen LogP contribution in [-0.4, -0.2) is 49.7 Å². The fourth-order valence-corrected chi connectivity index (χ4v) is 2.81. The molecule has 0 radical (unpaired) electrons. The normalized spacial score (nSPS) is 18.1. The maximum absolute atomic E-state index is 13.9. The minimum absolute atomic E-state index is 0. The van der Waals surface area contributed by atoms with Crippen LogP contribution in [0.5, 0.6) is 0 Å². The highest BCUT2D eigenvalue weighted by molar-refractivity contribution is 14.0. The fraction of sp³-hybridized carbons (Fsp3) is 0.588. The van der Waals surface area contributed by atoms with Crippen LogP contribution in [0.2, 0.25) is 0 Å². The minimum Gasteiger partial charge on any atom is -0.367 e. The largest absolute Gasteiger partial charge is 0.367 e. The molecule has 1 saturated heterocycles. The second kappa shape index (κ2) is 9.80. The molecule has 0 amide bonds. The molecule has 1 atom stereocenters. The Labute approximate surface area is 170 Å². The third-order valence-electron chi connectivity index (χ3n) is 4.24. The van der Waals surface area contributed by atoms with Gasteiger partial charge in [-0.25, -0.2) is 8.78 Å². The van der Waals surface area contributed by atoms with Gasteiger partial charge in [0.25, 0.3) is 0 Å². The van der Waals surface area contributed by atoms with Gasteiger partial charge in [-0.15, -0.1) is 24.0 Å². The SMILES string of the molecule is CN=C(NCC(C)(C)SC)NC1CCN(c2ccc(F)cc2F)C1.I. The number of anilines is 1. The lowest BCUT2D eigenvalue weighted by Crippen LogP contribution is -2.47. The Bertz CT molecular complexity index is 598. The number of hydrogen-bond donors (Lipinski definition) is 2. The van der Waals surface area contributed by atoms with E-state index in [1.54, 1.807) is 18.8 Å². The van der Waals surface area contributed by atoms with Gasteiger partial charge < -0.3 is 15.5 Å². The summed E-state index contributed by atoms with van der Waals surface area (Å²) >= 11 is 1.80. The van der Waals surface area contributed by atoms with Gasteiger partial charge >= 0.3 is 0 Å². The summed E-state index contributed by atoms with van der Waals surface area (Å²) in [5.41, 5.74) is 0.451. The van der Waals surface area contributed by atoms with Gasteiger partial charge in [-0.3, -0.25) is 4.99 Å². The summed E-state index contributed by atoms with van der Waals surface area (Å²) in [6.45, 7) is 6.54. The predicted octanol–water partition coefficient (Wildman–Crippen LogP) is 3.47. The number of guanidine groups is 1. The smallest absolute Gasteiger partial charge is 0.191 e. The Hall–Kier alpha value is -0.770. The van der Waals surface area contributed by atoms with Crippen molar-refractivity contribution in [1.82, 2.24) is 10.6 Å². The van der Waals surface area contributed by atoms with Gasteiger partial charge in [0.1, 0.15) is 11.6 Å². The summed E-state index contributed by atoms with van der Waals surface area (Å²) in [6, 6.07) is 3.91. The molecule has 0 aromatic heterocycles. The lowest BCUT2D eigenvalue weighted by Gasteiger charge is -2.25. The summed E-state index contributed by atoms with van der Waals surface area (Å²) < 4.78 is 27.1. The highest BCUT2D eigenvalue weighted by Gasteiger charge is 2.26. The van der Waals surface area contributed by atoms with Crippen molar-refractivity contribution in [3.8, 4) is 0 Å². The standard InChI is InChI=1S/C17H26F2N4S.HI/c1-17(2,24-4)11-21-16(20-3)22-13-7-8-23(10-13)15-6-5-12(18)9-14(15)19;/h5-6,9,13H,7-8,10-11H2,1-4H3,(H2,20,21,22);1H. The lowest BCUT2D eigenvalue weighted by molar-refractivity contribution is 0.580. The van der Waals surface area contributed by atoms with Gasteiger partial charge in [0, 0.05) is 43.5 Å². The molecule has 8 heteroatoms. The van der Waals surface area contributed by atoms with Crippen molar-refractivity contribution in [2.24, 2.45) is 4.99 Å². The average molecular weight is 484 g/mol. The van der Waals surface area contributed by atoms with E-state index in [4.69, 9.17) is 0 Å². The summed E-state index contributed by atoms with van der Waals surface area (Å²) in [6.07, 6.45) is 2.97. The molecular weight excluding hydrogens is 457 g/mol. The van der Waals surface area contributed by atoms with Crippen molar-refractivity contribution in [1.29, 1.82) is 0 Å². The van der Waals surface area contributed by atoms with E-state index in [1.165, 1.54) is 12.1 Å². The summed E-state index contributed by atoms with van der Waals surface area (Å²) in [7, 11) is 1.74. The Morgan fingerprint density at radius 2 is 2.12 bits per heavy atom. The summed E-state index contributed by atoms with van der Waals surface area (Å²) in [4.78, 5) is 6.19. The molecule has 142 valence electrons. The monoisotopic (exact) mass is 484 g/mol. The highest BCUT2D eigenvalue weighted by atomic mass is 127. The first-order chi connectivity index (χ1) is 11.3. The zero-order chi connectivity index (χ0) is 17.7. The quantitative estimate of drug-likeness (QED) is 0.382. The van der Waals surface area contributed by atoms with Crippen LogP contribution in [0.3, 0.4) is 0 Å². The van der Waals surface area contributed by atoms with E-state index < -0.39 is 11.6 Å². The number of halogens is 3. The topological polar surface area (TPSA) is 39.7 Å². The second-order valence-electron chi connectivity index (χ2n) is 6.56. The number of thioether (sulfide) groups is 1. The van der Waals surface area contributed by atoms with Crippen molar-refractivity contribution in [3.63, 3.8) is 0 Å². The molecule has 25 heavy (non-hydrogen) atoms. The van der Waals surface area contributed by atoms with E-state index in [-0.39, 0.29) is 34.8 Å². The summed E-state index contributed by atoms with van der Waals surface area (Å²) in [5.74, 6) is -0.311. The van der Waals surface area contributed by atoms with E-state index in [2.05, 4.69) is 35.7 Å². The van der Waals surface area contributed by atoms with Gasteiger partial charge in [0.05, 0.1) is 5.69 Å². The number of nitrogens with one attached hydrogen (secondary N) is 2. The van der Waals surface area contributed by atoms with E-state index in [9.17, 15) is 8.78 Å². The summed E-state index contributed by atoms with van der Waals surface area (Å²) in [5, 5.41) is 6.72. The van der Waals surface area contributed by atoms with Gasteiger partial charge in [-0.05, 0) is 38.7 Å². The first kappa shape index (κ1) is 22.3. The molecule has 1 aromatic rings. The molecule has 0 saturated carbocycles. The van der Waals surface area contributed by atoms with E-state index >= 15 is 0 Å². The number of aliphatic imine (C=N–C) groups is 1. The molecular formula is C17H27F2IN4S. The molecule has 1 aliphatic rings. The number of hydrogen-bond acceptors (Lipinski definition) is 3. The van der Waals surface area contributed by atoms with Crippen LogP contribution in [0.15, 0.2) is 23.2 Å². The molecule has 0 aliphatic carbocycles. The van der Waals surface area contributed by atoms with Crippen LogP contribution in [0.1, 0.15) is 20.3 Å². The average Bonchev–Trinajstić information content (AvgIpc) is 2.99. The molecule has 1 aromatic carbocycles. The molecule has 1 unspecified atom stereocenters. The van der Waals surface area contributed by atoms with Crippen LogP contribution in [0.25, 0.3) is 0 Å². The molecule has 1 aliphatic heterocycles. The van der Waals surface area contributed by atoms with Crippen LogP contribution in [0, 0.1) is 11.6 Å². The van der Waals surface area contributed by atoms with Gasteiger partial charge in [0.15, 0.2) is 5.96 Å². The first-order valence-corrected chi connectivity index (χ1v) is 9.29. The Morgan fingerprint density at radius 1 is 1.40 bits per heavy atom. The zero-order valence-corrected chi connectivity index (χ0v) is 18.3. The molecule has 2 N–H and O–H groups in total. The highest BCUT2D eigenvalue weighted by Crippen LogP contribution is 2.24. The van der Waals surface area contributed by atoms with Gasteiger partial charge in [-0.1, -0.05) is 0 Å². The zero-order valence-electron chi connectivity index (χ0n) is 15.1. The molecule has 4 nitrogen and oxygen atoms in total. The van der Waals surface area contributed by atoms with Crippen molar-refractivity contribution >= 4 is 47.4 Å². The van der Waals surface area contributed by atoms with Crippen LogP contribution >= 0.6 is 35.7 Å². The Balaban J connectivity index is 0.00000312. The van der Waals surface area contributed by atoms with Crippen LogP contribution in [0.4, 0.5) is 14.5 Å². The lowest BCUT2D eigenvalue weighted by atomic mass is 10.2. The third-order valence-corrected chi connectivity index (χ3v) is 5.49. The maximum Gasteiger partial charge on any atom is 0.191 e. The number of benzene rings is 1. The predicted molar refractivity (Wildman–Crippen MR) is 114 cm³/mol. The van der Waals surface area contributed by atoms with Crippen molar-refractivity contribution in [2.45, 2.75) is 31.1 Å². The van der Waals surface area contributed by atoms with Crippen molar-refractivity contribution < 1.29 is 8.78 Å². The molecule has 1 fully saturated rings. The Kier molecular flexibility index (Phi) is 8.73. The molecule has 1 heterocycles. The minimum atomic E-state index is -0.550. The van der Waals surface area contributed by atoms with E-state index in [0.29, 0.717) is 12.2 Å². The van der Waals surface area contributed by atoms with Crippen LogP contribution < -0.4 is 15.5 Å². The van der Waals surface area contributed by atoms with Crippen molar-refractivity contribution in [2.75, 3.05) is 37.8 Å². The number of rotatable bonds is 5. The third kappa shape index (κ3) is 6.47. The van der Waals surface area contributed by atoms with Gasteiger partial charge in [0.2, 0.25) is 0 Å². The van der Waals surface area contributed by atoms with E-state index in [0.717, 1.165) is 31.5 Å². The molecule has 0 bridgehead atoms.